The molecular weight excluding hydrogens is 316 g/mol. The van der Waals surface area contributed by atoms with Crippen molar-refractivity contribution in [2.45, 2.75) is 38.8 Å². The second kappa shape index (κ2) is 7.96. The molecule has 132 valence electrons. The van der Waals surface area contributed by atoms with Crippen molar-refractivity contribution < 1.29 is 24.3 Å². The zero-order chi connectivity index (χ0) is 17.7. The van der Waals surface area contributed by atoms with Gasteiger partial charge in [0.1, 0.15) is 6.04 Å². The van der Waals surface area contributed by atoms with Gasteiger partial charge in [-0.05, 0) is 37.9 Å². The van der Waals surface area contributed by atoms with Crippen molar-refractivity contribution in [3.63, 3.8) is 0 Å². The number of methoxy groups -OCH3 is 1. The number of carbonyl (C=O) groups excluding carboxylic acids is 1. The van der Waals surface area contributed by atoms with Crippen molar-refractivity contribution in [1.29, 1.82) is 0 Å². The topological polar surface area (TPSA) is 102 Å². The predicted octanol–water partition coefficient (Wildman–Crippen LogP) is 2.23. The molecule has 8 heteroatoms. The van der Waals surface area contributed by atoms with Crippen LogP contribution in [0.1, 0.15) is 31.7 Å². The number of nitro benzene ring substituents is 1. The van der Waals surface area contributed by atoms with Gasteiger partial charge in [-0.1, -0.05) is 6.42 Å². The summed E-state index contributed by atoms with van der Waals surface area (Å²) in [5.74, 6) is -0.715. The first kappa shape index (κ1) is 18.0. The van der Waals surface area contributed by atoms with Crippen LogP contribution in [0.5, 0.6) is 11.5 Å². The molecule has 0 aliphatic carbocycles. The van der Waals surface area contributed by atoms with Gasteiger partial charge in [-0.15, -0.1) is 0 Å². The van der Waals surface area contributed by atoms with E-state index in [0.717, 1.165) is 12.8 Å². The SMILES string of the molecule is CCOC(=O)C1CCCCN1Cc1cc(OC)c(O)c([N+](=O)[O-])c1. The van der Waals surface area contributed by atoms with E-state index in [1.807, 2.05) is 4.90 Å². The number of rotatable bonds is 6. The van der Waals surface area contributed by atoms with E-state index in [-0.39, 0.29) is 17.8 Å². The molecule has 1 fully saturated rings. The van der Waals surface area contributed by atoms with Crippen molar-refractivity contribution in [2.24, 2.45) is 0 Å². The van der Waals surface area contributed by atoms with Crippen LogP contribution in [-0.2, 0) is 16.1 Å². The number of hydrogen-bond donors (Lipinski definition) is 1. The van der Waals surface area contributed by atoms with Crippen molar-refractivity contribution >= 4 is 11.7 Å². The summed E-state index contributed by atoms with van der Waals surface area (Å²) in [7, 11) is 1.34. The third-order valence-corrected chi connectivity index (χ3v) is 4.09. The Kier molecular flexibility index (Phi) is 5.97. The Morgan fingerprint density at radius 3 is 2.83 bits per heavy atom. The summed E-state index contributed by atoms with van der Waals surface area (Å²) in [6, 6.07) is 2.52. The lowest BCUT2D eigenvalue weighted by atomic mass is 10.0. The molecule has 1 N–H and O–H groups in total. The van der Waals surface area contributed by atoms with Crippen LogP contribution in [0.25, 0.3) is 0 Å². The highest BCUT2D eigenvalue weighted by atomic mass is 16.6. The monoisotopic (exact) mass is 338 g/mol. The molecule has 0 amide bonds. The summed E-state index contributed by atoms with van der Waals surface area (Å²) in [5.41, 5.74) is 0.196. The Hall–Kier alpha value is -2.35. The fraction of sp³-hybridized carbons (Fsp3) is 0.562. The highest BCUT2D eigenvalue weighted by Gasteiger charge is 2.30. The molecule has 24 heavy (non-hydrogen) atoms. The maximum Gasteiger partial charge on any atom is 0.323 e. The first-order valence-electron chi connectivity index (χ1n) is 7.92. The molecule has 8 nitrogen and oxygen atoms in total. The molecule has 1 aromatic rings. The van der Waals surface area contributed by atoms with Crippen LogP contribution in [0.4, 0.5) is 5.69 Å². The number of nitrogens with zero attached hydrogens (tertiary/aromatic N) is 2. The van der Waals surface area contributed by atoms with Crippen LogP contribution >= 0.6 is 0 Å². The summed E-state index contributed by atoms with van der Waals surface area (Å²) >= 11 is 0. The predicted molar refractivity (Wildman–Crippen MR) is 86.0 cm³/mol. The molecule has 0 radical (unpaired) electrons. The molecule has 1 atom stereocenters. The maximum absolute atomic E-state index is 12.1. The van der Waals surface area contributed by atoms with Crippen LogP contribution in [0, 0.1) is 10.1 Å². The molecule has 1 heterocycles. The standard InChI is InChI=1S/C16H22N2O6/c1-3-24-16(20)12-6-4-5-7-17(12)10-11-8-13(18(21)22)15(19)14(9-11)23-2/h8-9,12,19H,3-7,10H2,1-2H3. The van der Waals surface area contributed by atoms with Gasteiger partial charge in [0.2, 0.25) is 5.75 Å². The zero-order valence-electron chi connectivity index (χ0n) is 13.9. The molecule has 0 aromatic heterocycles. The number of benzene rings is 1. The van der Waals surface area contributed by atoms with Crippen molar-refractivity contribution in [3.05, 3.63) is 27.8 Å². The number of piperidine rings is 1. The number of hydrogen-bond acceptors (Lipinski definition) is 7. The van der Waals surface area contributed by atoms with Crippen LogP contribution in [-0.4, -0.2) is 47.2 Å². The smallest absolute Gasteiger partial charge is 0.323 e. The third-order valence-electron chi connectivity index (χ3n) is 4.09. The Bertz CT molecular complexity index is 619. The van der Waals surface area contributed by atoms with E-state index >= 15 is 0 Å². The van der Waals surface area contributed by atoms with Gasteiger partial charge in [0.05, 0.1) is 18.6 Å². The van der Waals surface area contributed by atoms with E-state index in [1.165, 1.54) is 13.2 Å². The zero-order valence-corrected chi connectivity index (χ0v) is 13.9. The quantitative estimate of drug-likeness (QED) is 0.482. The van der Waals surface area contributed by atoms with Gasteiger partial charge in [-0.3, -0.25) is 19.8 Å². The van der Waals surface area contributed by atoms with Gasteiger partial charge in [-0.2, -0.15) is 0 Å². The fourth-order valence-corrected chi connectivity index (χ4v) is 2.95. The molecule has 2 rings (SSSR count). The number of carbonyl (C=O) groups is 1. The molecule has 0 spiro atoms. The normalized spacial score (nSPS) is 18.2. The molecule has 1 aliphatic heterocycles. The lowest BCUT2D eigenvalue weighted by Crippen LogP contribution is -2.44. The Morgan fingerprint density at radius 2 is 2.21 bits per heavy atom. The van der Waals surface area contributed by atoms with E-state index < -0.39 is 16.4 Å². The first-order chi connectivity index (χ1) is 11.5. The van der Waals surface area contributed by atoms with E-state index in [0.29, 0.717) is 31.7 Å². The summed E-state index contributed by atoms with van der Waals surface area (Å²) < 4.78 is 10.1. The number of esters is 1. The lowest BCUT2D eigenvalue weighted by Gasteiger charge is -2.33. The van der Waals surface area contributed by atoms with Gasteiger partial charge in [0.25, 0.3) is 0 Å². The van der Waals surface area contributed by atoms with Crippen molar-refractivity contribution in [3.8, 4) is 11.5 Å². The number of nitro groups is 1. The molecule has 0 saturated carbocycles. The van der Waals surface area contributed by atoms with Gasteiger partial charge < -0.3 is 14.6 Å². The van der Waals surface area contributed by atoms with Crippen LogP contribution in [0.2, 0.25) is 0 Å². The molecule has 1 aromatic carbocycles. The van der Waals surface area contributed by atoms with Crippen LogP contribution < -0.4 is 4.74 Å². The fourth-order valence-electron chi connectivity index (χ4n) is 2.95. The van der Waals surface area contributed by atoms with Gasteiger partial charge in [0, 0.05) is 12.6 Å². The second-order valence-electron chi connectivity index (χ2n) is 5.66. The highest BCUT2D eigenvalue weighted by Crippen LogP contribution is 2.37. The number of ether oxygens (including phenoxy) is 2. The second-order valence-corrected chi connectivity index (χ2v) is 5.66. The van der Waals surface area contributed by atoms with E-state index in [1.54, 1.807) is 13.0 Å². The highest BCUT2D eigenvalue weighted by molar-refractivity contribution is 5.75. The maximum atomic E-state index is 12.1. The van der Waals surface area contributed by atoms with Crippen LogP contribution in [0.15, 0.2) is 12.1 Å². The van der Waals surface area contributed by atoms with E-state index in [4.69, 9.17) is 9.47 Å². The summed E-state index contributed by atoms with van der Waals surface area (Å²) in [6.45, 7) is 3.14. The number of likely N-dealkylation sites (tertiary alicyclic amines) is 1. The molecule has 1 unspecified atom stereocenters. The molecule has 1 saturated heterocycles. The van der Waals surface area contributed by atoms with E-state index in [2.05, 4.69) is 0 Å². The summed E-state index contributed by atoms with van der Waals surface area (Å²) in [5, 5.41) is 20.9. The van der Waals surface area contributed by atoms with Crippen LogP contribution in [0.3, 0.4) is 0 Å². The summed E-state index contributed by atoms with van der Waals surface area (Å²) in [4.78, 5) is 24.5. The summed E-state index contributed by atoms with van der Waals surface area (Å²) in [6.07, 6.45) is 2.60. The van der Waals surface area contributed by atoms with Gasteiger partial charge in [-0.25, -0.2) is 0 Å². The van der Waals surface area contributed by atoms with Gasteiger partial charge in [0.15, 0.2) is 5.75 Å². The average molecular weight is 338 g/mol. The number of aromatic hydroxyl groups is 1. The molecular formula is C16H22N2O6. The number of phenols is 1. The minimum atomic E-state index is -0.652. The first-order valence-corrected chi connectivity index (χ1v) is 7.92. The van der Waals surface area contributed by atoms with Crippen molar-refractivity contribution in [1.82, 2.24) is 4.90 Å². The Morgan fingerprint density at radius 1 is 1.46 bits per heavy atom. The van der Waals surface area contributed by atoms with E-state index in [9.17, 15) is 20.0 Å². The average Bonchev–Trinajstić information content (AvgIpc) is 2.56. The molecule has 1 aliphatic rings. The largest absolute Gasteiger partial charge is 0.500 e. The minimum absolute atomic E-state index is 0.0453. The number of phenolic OH excluding ortho intramolecular Hbond substituents is 1. The lowest BCUT2D eigenvalue weighted by molar-refractivity contribution is -0.386. The van der Waals surface area contributed by atoms with Crippen molar-refractivity contribution in [2.75, 3.05) is 20.3 Å². The molecule has 0 bridgehead atoms. The Balaban J connectivity index is 2.26. The Labute approximate surface area is 140 Å². The third kappa shape index (κ3) is 3.94. The minimum Gasteiger partial charge on any atom is -0.500 e. The van der Waals surface area contributed by atoms with Gasteiger partial charge >= 0.3 is 11.7 Å².